The standard InChI is InChI=1S/C20H30N2O6S/c1-5-22(12-10-15(11-13-22)19(24)25)18(23)14-28-16-6-8-17(9-7-16)29(26,27)21-20(2,3)4/h6-9,15,21H,5,10-14H2,1-4H3. The third-order valence-electron chi connectivity index (χ3n) is 5.22. The lowest BCUT2D eigenvalue weighted by Crippen LogP contribution is -2.59. The van der Waals surface area contributed by atoms with Crippen molar-refractivity contribution in [1.29, 1.82) is 0 Å². The lowest BCUT2D eigenvalue weighted by molar-refractivity contribution is -0.859. The number of aliphatic carboxylic acids is 1. The van der Waals surface area contributed by atoms with Gasteiger partial charge in [0, 0.05) is 30.3 Å². The van der Waals surface area contributed by atoms with Crippen molar-refractivity contribution in [2.24, 2.45) is 5.92 Å². The number of nitrogens with zero attached hydrogens (tertiary/aromatic N) is 1. The lowest BCUT2D eigenvalue weighted by Gasteiger charge is -2.40. The number of carboxylic acids is 1. The van der Waals surface area contributed by atoms with E-state index in [0.29, 0.717) is 38.2 Å². The van der Waals surface area contributed by atoms with Crippen molar-refractivity contribution < 1.29 is 32.3 Å². The largest absolute Gasteiger partial charge is 0.550 e. The van der Waals surface area contributed by atoms with Crippen molar-refractivity contribution in [1.82, 2.24) is 4.72 Å². The molecule has 0 unspecified atom stereocenters. The summed E-state index contributed by atoms with van der Waals surface area (Å²) in [6.45, 7) is 8.49. The van der Waals surface area contributed by atoms with Crippen LogP contribution in [0.1, 0.15) is 40.5 Å². The van der Waals surface area contributed by atoms with Gasteiger partial charge in [0.2, 0.25) is 16.6 Å². The molecule has 0 spiro atoms. The summed E-state index contributed by atoms with van der Waals surface area (Å²) in [6.07, 6.45) is 0.824. The molecule has 0 aromatic heterocycles. The number of likely N-dealkylation sites (N-methyl/N-ethyl adjacent to an activating group) is 1. The molecule has 1 N–H and O–H groups in total. The van der Waals surface area contributed by atoms with Crippen molar-refractivity contribution >= 4 is 21.9 Å². The molecule has 1 heterocycles. The van der Waals surface area contributed by atoms with E-state index >= 15 is 0 Å². The van der Waals surface area contributed by atoms with Crippen LogP contribution in [-0.4, -0.2) is 56.6 Å². The molecule has 29 heavy (non-hydrogen) atoms. The van der Waals surface area contributed by atoms with Crippen LogP contribution in [0.15, 0.2) is 29.2 Å². The van der Waals surface area contributed by atoms with Gasteiger partial charge in [-0.1, -0.05) is 0 Å². The Labute approximate surface area is 172 Å². The average Bonchev–Trinajstić information content (AvgIpc) is 2.64. The smallest absolute Gasteiger partial charge is 0.351 e. The van der Waals surface area contributed by atoms with Crippen LogP contribution in [0.25, 0.3) is 0 Å². The van der Waals surface area contributed by atoms with E-state index in [0.717, 1.165) is 0 Å². The Morgan fingerprint density at radius 3 is 2.17 bits per heavy atom. The number of hydrogen-bond donors (Lipinski definition) is 1. The minimum atomic E-state index is -3.64. The number of likely N-dealkylation sites (tertiary alicyclic amines) is 1. The van der Waals surface area contributed by atoms with Crippen LogP contribution in [0.5, 0.6) is 5.75 Å². The first-order valence-electron chi connectivity index (χ1n) is 9.76. The number of ether oxygens (including phenoxy) is 1. The first kappa shape index (κ1) is 23.3. The zero-order valence-corrected chi connectivity index (χ0v) is 18.3. The van der Waals surface area contributed by atoms with E-state index in [4.69, 9.17) is 4.74 Å². The highest BCUT2D eigenvalue weighted by molar-refractivity contribution is 7.89. The summed E-state index contributed by atoms with van der Waals surface area (Å²) in [5, 5.41) is 11.0. The number of nitrogens with one attached hydrogen (secondary N) is 1. The highest BCUT2D eigenvalue weighted by Crippen LogP contribution is 2.24. The van der Waals surface area contributed by atoms with Crippen molar-refractivity contribution in [2.45, 2.75) is 51.0 Å². The molecule has 9 heteroatoms. The fraction of sp³-hybridized carbons (Fsp3) is 0.600. The number of sulfonamides is 1. The van der Waals surface area contributed by atoms with E-state index in [1.165, 1.54) is 24.3 Å². The van der Waals surface area contributed by atoms with Crippen molar-refractivity contribution in [3.8, 4) is 5.75 Å². The van der Waals surface area contributed by atoms with Gasteiger partial charge in [0.15, 0.2) is 0 Å². The predicted octanol–water partition coefficient (Wildman–Crippen LogP) is 0.665. The third-order valence-corrected chi connectivity index (χ3v) is 6.99. The van der Waals surface area contributed by atoms with Gasteiger partial charge in [-0.25, -0.2) is 17.9 Å². The summed E-state index contributed by atoms with van der Waals surface area (Å²) in [6, 6.07) is 5.90. The number of rotatable bonds is 7. The molecule has 1 aromatic carbocycles. The van der Waals surface area contributed by atoms with E-state index in [-0.39, 0.29) is 21.9 Å². The van der Waals surface area contributed by atoms with Crippen LogP contribution in [0.4, 0.5) is 0 Å². The topological polar surface area (TPSA) is 113 Å². The quantitative estimate of drug-likeness (QED) is 0.641. The van der Waals surface area contributed by atoms with Crippen LogP contribution in [0, 0.1) is 5.92 Å². The highest BCUT2D eigenvalue weighted by Gasteiger charge is 2.39. The highest BCUT2D eigenvalue weighted by atomic mass is 32.2. The molecule has 1 saturated heterocycles. The van der Waals surface area contributed by atoms with Gasteiger partial charge < -0.3 is 14.6 Å². The Hall–Kier alpha value is -1.97. The van der Waals surface area contributed by atoms with Gasteiger partial charge in [-0.15, -0.1) is 0 Å². The van der Waals surface area contributed by atoms with E-state index in [1.54, 1.807) is 20.8 Å². The van der Waals surface area contributed by atoms with E-state index in [1.807, 2.05) is 6.92 Å². The summed E-state index contributed by atoms with van der Waals surface area (Å²) in [4.78, 5) is 23.9. The Kier molecular flexibility index (Phi) is 7.08. The van der Waals surface area contributed by atoms with Crippen LogP contribution in [-0.2, 0) is 19.6 Å². The molecule has 0 atom stereocenters. The zero-order valence-electron chi connectivity index (χ0n) is 17.4. The van der Waals surface area contributed by atoms with Gasteiger partial charge in [-0.05, 0) is 52.0 Å². The first-order chi connectivity index (χ1) is 13.4. The van der Waals surface area contributed by atoms with E-state index in [2.05, 4.69) is 4.72 Å². The number of piperidine rings is 1. The maximum Gasteiger partial charge on any atom is 0.351 e. The predicted molar refractivity (Wildman–Crippen MR) is 105 cm³/mol. The summed E-state index contributed by atoms with van der Waals surface area (Å²) < 4.78 is 33.0. The minimum Gasteiger partial charge on any atom is -0.550 e. The Morgan fingerprint density at radius 2 is 1.72 bits per heavy atom. The number of benzene rings is 1. The number of quaternary nitrogens is 1. The number of carbonyl (C=O) groups is 2. The molecule has 162 valence electrons. The Bertz CT molecular complexity index is 835. The molecule has 1 fully saturated rings. The van der Waals surface area contributed by atoms with Crippen molar-refractivity contribution in [2.75, 3.05) is 26.2 Å². The van der Waals surface area contributed by atoms with Crippen molar-refractivity contribution in [3.05, 3.63) is 24.3 Å². The maximum absolute atomic E-state index is 12.8. The molecular formula is C20H30N2O6S. The number of carbonyl (C=O) groups excluding carboxylic acids is 2. The maximum atomic E-state index is 12.8. The second kappa shape index (κ2) is 8.81. The third kappa shape index (κ3) is 6.01. The van der Waals surface area contributed by atoms with Gasteiger partial charge >= 0.3 is 5.91 Å². The fourth-order valence-electron chi connectivity index (χ4n) is 3.50. The zero-order chi connectivity index (χ0) is 21.9. The van der Waals surface area contributed by atoms with Crippen molar-refractivity contribution in [3.63, 3.8) is 0 Å². The van der Waals surface area contributed by atoms with Gasteiger partial charge in [-0.2, -0.15) is 0 Å². The molecule has 1 amide bonds. The molecule has 1 aliphatic heterocycles. The SMILES string of the molecule is CC[N+]1(C(=O)COc2ccc(S(=O)(=O)NC(C)(C)C)cc2)CCC(C(=O)[O-])CC1. The molecule has 8 nitrogen and oxygen atoms in total. The fourth-order valence-corrected chi connectivity index (χ4v) is 4.92. The van der Waals surface area contributed by atoms with Crippen LogP contribution >= 0.6 is 0 Å². The number of hydrogen-bond acceptors (Lipinski definition) is 6. The number of carboxylic acid groups (broad SMARTS) is 1. The monoisotopic (exact) mass is 426 g/mol. The van der Waals surface area contributed by atoms with Gasteiger partial charge in [0.25, 0.3) is 0 Å². The molecule has 1 aliphatic rings. The summed E-state index contributed by atoms with van der Waals surface area (Å²) >= 11 is 0. The summed E-state index contributed by atoms with van der Waals surface area (Å²) in [7, 11) is -3.64. The lowest BCUT2D eigenvalue weighted by atomic mass is 9.95. The van der Waals surface area contributed by atoms with Gasteiger partial charge in [0.1, 0.15) is 5.75 Å². The second-order valence-corrected chi connectivity index (χ2v) is 10.2. The molecule has 0 aliphatic carbocycles. The molecular weight excluding hydrogens is 396 g/mol. The Morgan fingerprint density at radius 1 is 1.17 bits per heavy atom. The van der Waals surface area contributed by atoms with Gasteiger partial charge in [-0.3, -0.25) is 4.48 Å². The minimum absolute atomic E-state index is 0.115. The number of amides is 1. The second-order valence-electron chi connectivity index (χ2n) is 8.51. The van der Waals surface area contributed by atoms with Crippen LogP contribution < -0.4 is 14.6 Å². The normalized spacial score (nSPS) is 22.8. The van der Waals surface area contributed by atoms with Crippen LogP contribution in [0.3, 0.4) is 0 Å². The molecule has 0 radical (unpaired) electrons. The van der Waals surface area contributed by atoms with E-state index < -0.39 is 27.4 Å². The molecule has 2 rings (SSSR count). The average molecular weight is 427 g/mol. The summed E-state index contributed by atoms with van der Waals surface area (Å²) in [5.74, 6) is -1.28. The molecule has 1 aromatic rings. The summed E-state index contributed by atoms with van der Waals surface area (Å²) in [5.41, 5.74) is -0.595. The van der Waals surface area contributed by atoms with Crippen LogP contribution in [0.2, 0.25) is 0 Å². The van der Waals surface area contributed by atoms with Gasteiger partial charge in [0.05, 0.1) is 24.5 Å². The first-order valence-corrected chi connectivity index (χ1v) is 11.2. The van der Waals surface area contributed by atoms with E-state index in [9.17, 15) is 23.1 Å². The Balaban J connectivity index is 1.99. The molecule has 0 saturated carbocycles. The molecule has 0 bridgehead atoms.